The van der Waals surface area contributed by atoms with Crippen LogP contribution in [0.25, 0.3) is 6.08 Å². The van der Waals surface area contributed by atoms with E-state index in [0.717, 1.165) is 0 Å². The first-order chi connectivity index (χ1) is 10.3. The van der Waals surface area contributed by atoms with Crippen LogP contribution in [-0.4, -0.2) is 24.0 Å². The number of rotatable bonds is 5. The molecule has 1 aromatic rings. The van der Waals surface area contributed by atoms with E-state index in [1.54, 1.807) is 38.1 Å². The van der Waals surface area contributed by atoms with Gasteiger partial charge in [-0.05, 0) is 29.7 Å². The first kappa shape index (κ1) is 17.7. The van der Waals surface area contributed by atoms with Gasteiger partial charge in [-0.2, -0.15) is 0 Å². The standard InChI is InChI=1S/C15H17ClN2O4/c1-9(2)13(14(20)18-15(17)21)22-12(19)7-6-10-4-3-5-11(16)8-10/h3-9,13H,1-2H3,(H3,17,18,20,21)/b7-6+. The fourth-order valence-corrected chi connectivity index (χ4v) is 1.82. The molecule has 0 heterocycles. The monoisotopic (exact) mass is 324 g/mol. The lowest BCUT2D eigenvalue weighted by molar-refractivity contribution is -0.153. The summed E-state index contributed by atoms with van der Waals surface area (Å²) in [6, 6.07) is 5.88. The minimum absolute atomic E-state index is 0.317. The lowest BCUT2D eigenvalue weighted by Crippen LogP contribution is -2.45. The molecule has 22 heavy (non-hydrogen) atoms. The number of primary amides is 1. The summed E-state index contributed by atoms with van der Waals surface area (Å²) < 4.78 is 5.05. The van der Waals surface area contributed by atoms with Crippen LogP contribution in [-0.2, 0) is 14.3 Å². The summed E-state index contributed by atoms with van der Waals surface area (Å²) in [6.07, 6.45) is 1.58. The summed E-state index contributed by atoms with van der Waals surface area (Å²) in [7, 11) is 0. The Kier molecular flexibility index (Phi) is 6.59. The molecule has 1 atom stereocenters. The van der Waals surface area contributed by atoms with Crippen molar-refractivity contribution in [1.29, 1.82) is 0 Å². The molecule has 6 nitrogen and oxygen atoms in total. The Hall–Kier alpha value is -2.34. The first-order valence-corrected chi connectivity index (χ1v) is 6.92. The molecule has 0 saturated carbocycles. The molecule has 0 aliphatic carbocycles. The van der Waals surface area contributed by atoms with Crippen molar-refractivity contribution in [3.63, 3.8) is 0 Å². The van der Waals surface area contributed by atoms with Gasteiger partial charge in [0, 0.05) is 11.1 Å². The number of carbonyl (C=O) groups excluding carboxylic acids is 3. The third kappa shape index (κ3) is 5.97. The van der Waals surface area contributed by atoms with Gasteiger partial charge in [0.1, 0.15) is 0 Å². The van der Waals surface area contributed by atoms with E-state index < -0.39 is 24.0 Å². The predicted octanol–water partition coefficient (Wildman–Crippen LogP) is 2.12. The van der Waals surface area contributed by atoms with Gasteiger partial charge >= 0.3 is 12.0 Å². The van der Waals surface area contributed by atoms with Gasteiger partial charge in [0.2, 0.25) is 0 Å². The SMILES string of the molecule is CC(C)C(OC(=O)/C=C/c1cccc(Cl)c1)C(=O)NC(N)=O. The molecule has 0 aromatic heterocycles. The van der Waals surface area contributed by atoms with Crippen LogP contribution in [0.2, 0.25) is 5.02 Å². The maximum Gasteiger partial charge on any atom is 0.331 e. The van der Waals surface area contributed by atoms with E-state index in [0.29, 0.717) is 10.6 Å². The van der Waals surface area contributed by atoms with Crippen molar-refractivity contribution in [3.05, 3.63) is 40.9 Å². The second-order valence-corrected chi connectivity index (χ2v) is 5.28. The van der Waals surface area contributed by atoms with Crippen molar-refractivity contribution in [3.8, 4) is 0 Å². The zero-order valence-corrected chi connectivity index (χ0v) is 13.0. The fourth-order valence-electron chi connectivity index (χ4n) is 1.62. The Morgan fingerprint density at radius 1 is 1.32 bits per heavy atom. The highest BCUT2D eigenvalue weighted by Crippen LogP contribution is 2.12. The Balaban J connectivity index is 2.71. The highest BCUT2D eigenvalue weighted by atomic mass is 35.5. The quantitative estimate of drug-likeness (QED) is 0.640. The van der Waals surface area contributed by atoms with Crippen LogP contribution >= 0.6 is 11.6 Å². The molecule has 0 fully saturated rings. The first-order valence-electron chi connectivity index (χ1n) is 6.54. The number of benzene rings is 1. The van der Waals surface area contributed by atoms with Gasteiger partial charge in [0.25, 0.3) is 5.91 Å². The molecule has 0 spiro atoms. The third-order valence-corrected chi connectivity index (χ3v) is 2.85. The van der Waals surface area contributed by atoms with E-state index in [4.69, 9.17) is 22.1 Å². The van der Waals surface area contributed by atoms with Gasteiger partial charge in [-0.1, -0.05) is 37.6 Å². The number of imide groups is 1. The van der Waals surface area contributed by atoms with Crippen molar-refractivity contribution in [2.24, 2.45) is 11.7 Å². The number of nitrogens with one attached hydrogen (secondary N) is 1. The number of urea groups is 1. The zero-order valence-electron chi connectivity index (χ0n) is 12.2. The van der Waals surface area contributed by atoms with Crippen molar-refractivity contribution < 1.29 is 19.1 Å². The van der Waals surface area contributed by atoms with Gasteiger partial charge in [0.05, 0.1) is 0 Å². The molecule has 3 N–H and O–H groups in total. The maximum absolute atomic E-state index is 11.8. The molecule has 1 aromatic carbocycles. The Bertz CT molecular complexity index is 599. The summed E-state index contributed by atoms with van der Waals surface area (Å²) in [6.45, 7) is 3.36. The number of ether oxygens (including phenoxy) is 1. The summed E-state index contributed by atoms with van der Waals surface area (Å²) in [5.74, 6) is -1.78. The van der Waals surface area contributed by atoms with Crippen molar-refractivity contribution in [1.82, 2.24) is 5.32 Å². The minimum atomic E-state index is -1.11. The van der Waals surface area contributed by atoms with Crippen LogP contribution < -0.4 is 11.1 Å². The van der Waals surface area contributed by atoms with Crippen LogP contribution in [0, 0.1) is 5.92 Å². The van der Waals surface area contributed by atoms with Gasteiger partial charge in [-0.3, -0.25) is 10.1 Å². The molecule has 0 bridgehead atoms. The molecule has 0 aliphatic heterocycles. The molecule has 118 valence electrons. The van der Waals surface area contributed by atoms with Crippen molar-refractivity contribution in [2.75, 3.05) is 0 Å². The zero-order chi connectivity index (χ0) is 16.7. The number of esters is 1. The highest BCUT2D eigenvalue weighted by molar-refractivity contribution is 6.30. The summed E-state index contributed by atoms with van der Waals surface area (Å²) in [5.41, 5.74) is 5.59. The maximum atomic E-state index is 11.8. The van der Waals surface area contributed by atoms with Crippen LogP contribution in [0.1, 0.15) is 19.4 Å². The van der Waals surface area contributed by atoms with Gasteiger partial charge < -0.3 is 10.5 Å². The minimum Gasteiger partial charge on any atom is -0.449 e. The number of hydrogen-bond acceptors (Lipinski definition) is 4. The fraction of sp³-hybridized carbons (Fsp3) is 0.267. The molecule has 0 radical (unpaired) electrons. The predicted molar refractivity (Wildman–Crippen MR) is 82.9 cm³/mol. The number of halogens is 1. The molecule has 7 heteroatoms. The Morgan fingerprint density at radius 2 is 2.00 bits per heavy atom. The Morgan fingerprint density at radius 3 is 2.55 bits per heavy atom. The second kappa shape index (κ2) is 8.19. The van der Waals surface area contributed by atoms with Crippen LogP contribution in [0.15, 0.2) is 30.3 Å². The van der Waals surface area contributed by atoms with Crippen molar-refractivity contribution >= 4 is 35.6 Å². The molecular weight excluding hydrogens is 308 g/mol. The Labute approximate surface area is 133 Å². The lowest BCUT2D eigenvalue weighted by Gasteiger charge is -2.18. The highest BCUT2D eigenvalue weighted by Gasteiger charge is 2.26. The molecule has 1 unspecified atom stereocenters. The lowest BCUT2D eigenvalue weighted by atomic mass is 10.1. The summed E-state index contributed by atoms with van der Waals surface area (Å²) in [4.78, 5) is 34.2. The van der Waals surface area contributed by atoms with Crippen LogP contribution in [0.5, 0.6) is 0 Å². The summed E-state index contributed by atoms with van der Waals surface area (Å²) in [5, 5.41) is 2.43. The molecule has 0 aliphatic rings. The van der Waals surface area contributed by atoms with Gasteiger partial charge in [0.15, 0.2) is 6.10 Å². The third-order valence-electron chi connectivity index (χ3n) is 2.61. The van der Waals surface area contributed by atoms with Crippen molar-refractivity contribution in [2.45, 2.75) is 20.0 Å². The van der Waals surface area contributed by atoms with E-state index in [-0.39, 0.29) is 5.92 Å². The summed E-state index contributed by atoms with van der Waals surface area (Å²) >= 11 is 5.83. The number of carbonyl (C=O) groups is 3. The van der Waals surface area contributed by atoms with E-state index >= 15 is 0 Å². The van der Waals surface area contributed by atoms with Gasteiger partial charge in [-0.15, -0.1) is 0 Å². The number of nitrogens with two attached hydrogens (primary N) is 1. The van der Waals surface area contributed by atoms with Crippen LogP contribution in [0.3, 0.4) is 0 Å². The largest absolute Gasteiger partial charge is 0.449 e. The van der Waals surface area contributed by atoms with E-state index in [1.807, 2.05) is 5.32 Å². The van der Waals surface area contributed by atoms with E-state index in [9.17, 15) is 14.4 Å². The number of hydrogen-bond donors (Lipinski definition) is 2. The average molecular weight is 325 g/mol. The second-order valence-electron chi connectivity index (χ2n) is 4.84. The topological polar surface area (TPSA) is 98.5 Å². The average Bonchev–Trinajstić information content (AvgIpc) is 2.41. The van der Waals surface area contributed by atoms with E-state index in [1.165, 1.54) is 12.2 Å². The molecule has 3 amide bonds. The molecular formula is C15H17ClN2O4. The van der Waals surface area contributed by atoms with Gasteiger partial charge in [-0.25, -0.2) is 9.59 Å². The number of amides is 3. The smallest absolute Gasteiger partial charge is 0.331 e. The van der Waals surface area contributed by atoms with E-state index in [2.05, 4.69) is 0 Å². The molecule has 1 rings (SSSR count). The normalized spacial score (nSPS) is 12.2. The molecule has 0 saturated heterocycles. The van der Waals surface area contributed by atoms with Crippen LogP contribution in [0.4, 0.5) is 4.79 Å².